The molecule has 2 N–H and O–H groups in total. The van der Waals surface area contributed by atoms with Crippen molar-refractivity contribution in [2.75, 3.05) is 26.2 Å². The molecule has 0 unspecified atom stereocenters. The first-order chi connectivity index (χ1) is 8.34. The third-order valence-corrected chi connectivity index (χ3v) is 5.05. The third kappa shape index (κ3) is 5.08. The monoisotopic (exact) mass is 316 g/mol. The zero-order valence-electron chi connectivity index (χ0n) is 10.2. The van der Waals surface area contributed by atoms with Gasteiger partial charge in [-0.1, -0.05) is 0 Å². The van der Waals surface area contributed by atoms with Crippen molar-refractivity contribution in [3.63, 3.8) is 0 Å². The minimum atomic E-state index is 0.944. The molecule has 1 aromatic heterocycles. The van der Waals surface area contributed by atoms with E-state index in [1.165, 1.54) is 47.6 Å². The molecule has 0 radical (unpaired) electrons. The Labute approximate surface area is 116 Å². The van der Waals surface area contributed by atoms with Crippen molar-refractivity contribution in [3.8, 4) is 0 Å². The Balaban J connectivity index is 1.51. The summed E-state index contributed by atoms with van der Waals surface area (Å²) in [4.78, 5) is 1.46. The zero-order chi connectivity index (χ0) is 11.9. The fourth-order valence-electron chi connectivity index (χ4n) is 2.30. The van der Waals surface area contributed by atoms with Gasteiger partial charge in [-0.15, -0.1) is 11.3 Å². The molecule has 1 saturated heterocycles. The van der Waals surface area contributed by atoms with Gasteiger partial charge >= 0.3 is 0 Å². The van der Waals surface area contributed by atoms with Crippen molar-refractivity contribution in [2.24, 2.45) is 5.92 Å². The van der Waals surface area contributed by atoms with E-state index in [1.807, 2.05) is 11.3 Å². The lowest BCUT2D eigenvalue weighted by atomic mass is 9.95. The Morgan fingerprint density at radius 3 is 2.82 bits per heavy atom. The molecule has 96 valence electrons. The highest BCUT2D eigenvalue weighted by Crippen LogP contribution is 2.22. The standard InChI is InChI=1S/C13H21BrN2S/c14-13-2-1-12(17-13)6-10-16-9-5-11-3-7-15-8-4-11/h1-2,11,15-16H,3-10H2. The molecule has 0 saturated carbocycles. The Kier molecular flexibility index (Phi) is 5.98. The third-order valence-electron chi connectivity index (χ3n) is 3.37. The SMILES string of the molecule is Brc1ccc(CCNCCC2CCNCC2)s1. The molecule has 1 aliphatic heterocycles. The van der Waals surface area contributed by atoms with E-state index in [4.69, 9.17) is 0 Å². The highest BCUT2D eigenvalue weighted by molar-refractivity contribution is 9.11. The Hall–Kier alpha value is 0.1000. The molecule has 2 rings (SSSR count). The zero-order valence-corrected chi connectivity index (χ0v) is 12.6. The van der Waals surface area contributed by atoms with Crippen molar-refractivity contribution >= 4 is 27.3 Å². The first-order valence-corrected chi connectivity index (χ1v) is 8.11. The van der Waals surface area contributed by atoms with Crippen molar-refractivity contribution < 1.29 is 0 Å². The summed E-state index contributed by atoms with van der Waals surface area (Å²) in [5.41, 5.74) is 0. The first kappa shape index (κ1) is 13.5. The van der Waals surface area contributed by atoms with Gasteiger partial charge in [0.15, 0.2) is 0 Å². The van der Waals surface area contributed by atoms with Crippen LogP contribution in [-0.4, -0.2) is 26.2 Å². The topological polar surface area (TPSA) is 24.1 Å². The van der Waals surface area contributed by atoms with E-state index in [0.717, 1.165) is 18.9 Å². The second-order valence-corrected chi connectivity index (χ2v) is 7.24. The second kappa shape index (κ2) is 7.52. The molecule has 0 atom stereocenters. The van der Waals surface area contributed by atoms with Crippen LogP contribution < -0.4 is 10.6 Å². The normalized spacial score (nSPS) is 17.5. The van der Waals surface area contributed by atoms with Gasteiger partial charge in [0.2, 0.25) is 0 Å². The fraction of sp³-hybridized carbons (Fsp3) is 0.692. The van der Waals surface area contributed by atoms with Crippen molar-refractivity contribution in [2.45, 2.75) is 25.7 Å². The maximum Gasteiger partial charge on any atom is 0.0701 e. The van der Waals surface area contributed by atoms with Crippen LogP contribution in [0.3, 0.4) is 0 Å². The van der Waals surface area contributed by atoms with Crippen LogP contribution in [0, 0.1) is 5.92 Å². The predicted molar refractivity (Wildman–Crippen MR) is 78.8 cm³/mol. The summed E-state index contributed by atoms with van der Waals surface area (Å²) in [7, 11) is 0. The van der Waals surface area contributed by atoms with E-state index in [2.05, 4.69) is 38.7 Å². The van der Waals surface area contributed by atoms with Gasteiger partial charge in [-0.25, -0.2) is 0 Å². The van der Waals surface area contributed by atoms with E-state index in [-0.39, 0.29) is 0 Å². The predicted octanol–water partition coefficient (Wildman–Crippen LogP) is 3.03. The van der Waals surface area contributed by atoms with Crippen LogP contribution in [0.1, 0.15) is 24.1 Å². The minimum absolute atomic E-state index is 0.944. The summed E-state index contributed by atoms with van der Waals surface area (Å²) in [6.45, 7) is 4.72. The van der Waals surface area contributed by atoms with Gasteiger partial charge in [0.1, 0.15) is 0 Å². The van der Waals surface area contributed by atoms with Crippen molar-refractivity contribution in [3.05, 3.63) is 20.8 Å². The number of piperidine rings is 1. The highest BCUT2D eigenvalue weighted by Gasteiger charge is 2.11. The maximum absolute atomic E-state index is 3.56. The molecule has 4 heteroatoms. The van der Waals surface area contributed by atoms with E-state index in [1.54, 1.807) is 0 Å². The van der Waals surface area contributed by atoms with Crippen LogP contribution >= 0.6 is 27.3 Å². The number of hydrogen-bond donors (Lipinski definition) is 2. The fourth-order valence-corrected chi connectivity index (χ4v) is 3.78. The molecule has 0 bridgehead atoms. The lowest BCUT2D eigenvalue weighted by Gasteiger charge is -2.22. The first-order valence-electron chi connectivity index (χ1n) is 6.50. The molecule has 1 aliphatic rings. The molecule has 2 nitrogen and oxygen atoms in total. The van der Waals surface area contributed by atoms with Gasteiger partial charge in [0.25, 0.3) is 0 Å². The molecule has 17 heavy (non-hydrogen) atoms. The molecule has 1 fully saturated rings. The molecular weight excluding hydrogens is 296 g/mol. The van der Waals surface area contributed by atoms with Gasteiger partial charge < -0.3 is 10.6 Å². The number of hydrogen-bond acceptors (Lipinski definition) is 3. The van der Waals surface area contributed by atoms with Crippen LogP contribution in [-0.2, 0) is 6.42 Å². The second-order valence-electron chi connectivity index (χ2n) is 4.69. The van der Waals surface area contributed by atoms with Crippen LogP contribution in [0.2, 0.25) is 0 Å². The van der Waals surface area contributed by atoms with E-state index < -0.39 is 0 Å². The smallest absolute Gasteiger partial charge is 0.0701 e. The van der Waals surface area contributed by atoms with Crippen LogP contribution in [0.25, 0.3) is 0 Å². The lowest BCUT2D eigenvalue weighted by molar-refractivity contribution is 0.349. The average Bonchev–Trinajstić information content (AvgIpc) is 2.76. The highest BCUT2D eigenvalue weighted by atomic mass is 79.9. The molecule has 1 aromatic rings. The number of halogens is 1. The summed E-state index contributed by atoms with van der Waals surface area (Å²) in [6, 6.07) is 4.35. The lowest BCUT2D eigenvalue weighted by Crippen LogP contribution is -2.30. The van der Waals surface area contributed by atoms with Gasteiger partial charge in [0, 0.05) is 4.88 Å². The molecular formula is C13H21BrN2S. The average molecular weight is 317 g/mol. The number of rotatable bonds is 6. The van der Waals surface area contributed by atoms with E-state index in [9.17, 15) is 0 Å². The van der Waals surface area contributed by atoms with Crippen LogP contribution in [0.15, 0.2) is 15.9 Å². The Bertz CT molecular complexity index is 321. The van der Waals surface area contributed by atoms with Crippen LogP contribution in [0.4, 0.5) is 0 Å². The Morgan fingerprint density at radius 1 is 1.29 bits per heavy atom. The van der Waals surface area contributed by atoms with Gasteiger partial charge in [-0.3, -0.25) is 0 Å². The summed E-state index contributed by atoms with van der Waals surface area (Å²) < 4.78 is 1.24. The van der Waals surface area contributed by atoms with E-state index >= 15 is 0 Å². The summed E-state index contributed by atoms with van der Waals surface area (Å²) >= 11 is 5.34. The quantitative estimate of drug-likeness (QED) is 0.788. The largest absolute Gasteiger partial charge is 0.317 e. The summed E-state index contributed by atoms with van der Waals surface area (Å²) in [6.07, 6.45) is 5.22. The number of nitrogens with one attached hydrogen (secondary N) is 2. The van der Waals surface area contributed by atoms with Gasteiger partial charge in [-0.05, 0) is 85.8 Å². The van der Waals surface area contributed by atoms with Gasteiger partial charge in [0.05, 0.1) is 3.79 Å². The molecule has 0 spiro atoms. The maximum atomic E-state index is 3.56. The van der Waals surface area contributed by atoms with Crippen molar-refractivity contribution in [1.82, 2.24) is 10.6 Å². The van der Waals surface area contributed by atoms with Gasteiger partial charge in [-0.2, -0.15) is 0 Å². The molecule has 0 aliphatic carbocycles. The molecule has 2 heterocycles. The Morgan fingerprint density at radius 2 is 2.12 bits per heavy atom. The van der Waals surface area contributed by atoms with E-state index in [0.29, 0.717) is 0 Å². The summed E-state index contributed by atoms with van der Waals surface area (Å²) in [5, 5.41) is 6.98. The summed E-state index contributed by atoms with van der Waals surface area (Å²) in [5.74, 6) is 0.944. The van der Waals surface area contributed by atoms with Crippen molar-refractivity contribution in [1.29, 1.82) is 0 Å². The number of thiophene rings is 1. The van der Waals surface area contributed by atoms with Crippen LogP contribution in [0.5, 0.6) is 0 Å². The molecule has 0 amide bonds. The minimum Gasteiger partial charge on any atom is -0.317 e. The molecule has 0 aromatic carbocycles.